The van der Waals surface area contributed by atoms with Gasteiger partial charge < -0.3 is 4.57 Å². The highest BCUT2D eigenvalue weighted by Gasteiger charge is 2.60. The summed E-state index contributed by atoms with van der Waals surface area (Å²) in [5.41, 5.74) is 3.04. The molecule has 1 aliphatic rings. The van der Waals surface area contributed by atoms with Gasteiger partial charge in [0.1, 0.15) is 11.5 Å². The van der Waals surface area contributed by atoms with Crippen LogP contribution in [0.25, 0.3) is 28.3 Å². The van der Waals surface area contributed by atoms with Crippen LogP contribution in [-0.4, -0.2) is 41.3 Å². The Hall–Kier alpha value is -3.10. The van der Waals surface area contributed by atoms with E-state index in [9.17, 15) is 13.2 Å². The van der Waals surface area contributed by atoms with Crippen molar-refractivity contribution in [1.29, 1.82) is 0 Å². The molecular formula is C20H19F3N6. The van der Waals surface area contributed by atoms with Crippen molar-refractivity contribution in [2.75, 3.05) is 6.67 Å². The van der Waals surface area contributed by atoms with E-state index in [2.05, 4.69) is 10.1 Å². The predicted molar refractivity (Wildman–Crippen MR) is 101 cm³/mol. The monoisotopic (exact) mass is 400 g/mol. The van der Waals surface area contributed by atoms with Gasteiger partial charge in [-0.25, -0.2) is 18.7 Å². The number of imidazole rings is 1. The summed E-state index contributed by atoms with van der Waals surface area (Å²) < 4.78 is 45.5. The number of rotatable bonds is 6. The molecule has 4 aromatic rings. The maximum Gasteiger partial charge on any atom is 0.253 e. The lowest BCUT2D eigenvalue weighted by Gasteiger charge is -2.17. The molecule has 0 spiro atoms. The van der Waals surface area contributed by atoms with Crippen molar-refractivity contribution >= 4 is 5.65 Å². The molecule has 150 valence electrons. The quantitative estimate of drug-likeness (QED) is 0.489. The summed E-state index contributed by atoms with van der Waals surface area (Å²) >= 11 is 0. The van der Waals surface area contributed by atoms with Gasteiger partial charge >= 0.3 is 0 Å². The van der Waals surface area contributed by atoms with Gasteiger partial charge in [-0.05, 0) is 12.5 Å². The van der Waals surface area contributed by atoms with Gasteiger partial charge in [-0.3, -0.25) is 13.5 Å². The minimum absolute atomic E-state index is 0.0675. The van der Waals surface area contributed by atoms with Crippen LogP contribution in [0.5, 0.6) is 0 Å². The first-order chi connectivity index (χ1) is 14.0. The number of fused-ring (bicyclic) bond motifs is 1. The number of aryl methyl sites for hydroxylation is 1. The maximum atomic E-state index is 13.6. The number of hydrogen-bond acceptors (Lipinski definition) is 3. The lowest BCUT2D eigenvalue weighted by atomic mass is 10.1. The first-order valence-electron chi connectivity index (χ1n) is 9.41. The van der Waals surface area contributed by atoms with E-state index in [-0.39, 0.29) is 12.8 Å². The van der Waals surface area contributed by atoms with Crippen molar-refractivity contribution in [1.82, 2.24) is 28.7 Å². The largest absolute Gasteiger partial charge is 0.350 e. The van der Waals surface area contributed by atoms with Gasteiger partial charge in [0.05, 0.1) is 18.6 Å². The Labute approximate surface area is 164 Å². The maximum absolute atomic E-state index is 13.6. The van der Waals surface area contributed by atoms with Crippen LogP contribution in [0.15, 0.2) is 49.3 Å². The molecule has 0 radical (unpaired) electrons. The molecule has 0 N–H and O–H groups in total. The molecule has 0 aromatic carbocycles. The van der Waals surface area contributed by atoms with Crippen molar-refractivity contribution in [3.05, 3.63) is 49.3 Å². The first kappa shape index (κ1) is 18.0. The number of nitrogens with zero attached hydrogens (tertiary/aromatic N) is 6. The van der Waals surface area contributed by atoms with E-state index in [4.69, 9.17) is 4.98 Å². The number of hydrogen-bond donors (Lipinski definition) is 0. The predicted octanol–water partition coefficient (Wildman–Crippen LogP) is 4.15. The molecule has 1 saturated carbocycles. The van der Waals surface area contributed by atoms with Crippen LogP contribution in [0.2, 0.25) is 0 Å². The molecule has 0 saturated heterocycles. The summed E-state index contributed by atoms with van der Waals surface area (Å²) in [6.45, 7) is -0.634. The summed E-state index contributed by atoms with van der Waals surface area (Å²) in [6.07, 6.45) is 10.4. The van der Waals surface area contributed by atoms with Crippen molar-refractivity contribution in [2.24, 2.45) is 13.0 Å². The Bertz CT molecular complexity index is 1170. The van der Waals surface area contributed by atoms with Crippen LogP contribution >= 0.6 is 0 Å². The second-order valence-corrected chi connectivity index (χ2v) is 7.49. The minimum Gasteiger partial charge on any atom is -0.350 e. The minimum atomic E-state index is -2.71. The zero-order chi connectivity index (χ0) is 20.2. The highest BCUT2D eigenvalue weighted by molar-refractivity contribution is 5.68. The number of aromatic nitrogens is 6. The fraction of sp³-hybridized carbons (Fsp3) is 0.350. The van der Waals surface area contributed by atoms with Crippen LogP contribution in [0, 0.1) is 5.92 Å². The number of halogens is 3. The molecule has 0 unspecified atom stereocenters. The standard InChI is InChI=1S/C20H19F3N6/c1-27-11-14(10-25-27)16-8-18-24-5-7-29(18)19(26-16)13-3-6-28(12-13)17(2-4-21)15-9-20(15,22)23/h3,5-8,10-12,15,17H,2,4,9H2,1H3/t15-,17-/m0/s1. The highest BCUT2D eigenvalue weighted by atomic mass is 19.3. The van der Waals surface area contributed by atoms with E-state index in [1.807, 2.05) is 29.8 Å². The molecule has 5 rings (SSSR count). The van der Waals surface area contributed by atoms with Crippen LogP contribution in [0.1, 0.15) is 18.9 Å². The normalized spacial score (nSPS) is 19.0. The Morgan fingerprint density at radius 3 is 2.76 bits per heavy atom. The van der Waals surface area contributed by atoms with Gasteiger partial charge in [0.2, 0.25) is 0 Å². The Balaban J connectivity index is 1.57. The Kier molecular flexibility index (Phi) is 4.01. The van der Waals surface area contributed by atoms with E-state index in [1.165, 1.54) is 0 Å². The molecule has 2 atom stereocenters. The first-order valence-corrected chi connectivity index (χ1v) is 9.41. The zero-order valence-corrected chi connectivity index (χ0v) is 15.7. The topological polar surface area (TPSA) is 52.9 Å². The van der Waals surface area contributed by atoms with E-state index >= 15 is 0 Å². The van der Waals surface area contributed by atoms with Crippen LogP contribution in [0.3, 0.4) is 0 Å². The van der Waals surface area contributed by atoms with E-state index in [1.54, 1.807) is 40.2 Å². The average molecular weight is 400 g/mol. The highest BCUT2D eigenvalue weighted by Crippen LogP contribution is 2.55. The molecule has 6 nitrogen and oxygen atoms in total. The van der Waals surface area contributed by atoms with Gasteiger partial charge in [0, 0.05) is 73.6 Å². The molecule has 1 fully saturated rings. The molecule has 4 aromatic heterocycles. The van der Waals surface area contributed by atoms with Crippen LogP contribution < -0.4 is 0 Å². The van der Waals surface area contributed by atoms with Crippen LogP contribution in [0.4, 0.5) is 13.2 Å². The molecule has 9 heteroatoms. The molecule has 0 amide bonds. The Morgan fingerprint density at radius 2 is 2.07 bits per heavy atom. The molecule has 0 aliphatic heterocycles. The van der Waals surface area contributed by atoms with E-state index in [0.29, 0.717) is 11.5 Å². The van der Waals surface area contributed by atoms with E-state index in [0.717, 1.165) is 16.8 Å². The van der Waals surface area contributed by atoms with Gasteiger partial charge in [0.25, 0.3) is 5.92 Å². The smallest absolute Gasteiger partial charge is 0.253 e. The summed E-state index contributed by atoms with van der Waals surface area (Å²) in [4.78, 5) is 9.14. The van der Waals surface area contributed by atoms with Gasteiger partial charge in [-0.1, -0.05) is 0 Å². The third-order valence-corrected chi connectivity index (χ3v) is 5.49. The summed E-state index contributed by atoms with van der Waals surface area (Å²) in [5, 5.41) is 4.19. The molecular weight excluding hydrogens is 381 g/mol. The van der Waals surface area contributed by atoms with E-state index < -0.39 is 24.6 Å². The van der Waals surface area contributed by atoms with Crippen molar-refractivity contribution < 1.29 is 13.2 Å². The second-order valence-electron chi connectivity index (χ2n) is 7.49. The third-order valence-electron chi connectivity index (χ3n) is 5.49. The lowest BCUT2D eigenvalue weighted by Crippen LogP contribution is -2.14. The van der Waals surface area contributed by atoms with Gasteiger partial charge in [-0.15, -0.1) is 0 Å². The summed E-state index contributed by atoms with van der Waals surface area (Å²) in [5.74, 6) is -2.89. The molecule has 29 heavy (non-hydrogen) atoms. The molecule has 1 aliphatic carbocycles. The van der Waals surface area contributed by atoms with Crippen molar-refractivity contribution in [3.8, 4) is 22.6 Å². The lowest BCUT2D eigenvalue weighted by molar-refractivity contribution is 0.0836. The fourth-order valence-electron chi connectivity index (χ4n) is 3.90. The number of alkyl halides is 3. The SMILES string of the molecule is Cn1cc(-c2cc3nccn3c(-c3ccn([C@@H](CCF)[C@@H]4CC4(F)F)c3)n2)cn1. The van der Waals surface area contributed by atoms with Crippen LogP contribution in [-0.2, 0) is 7.05 Å². The van der Waals surface area contributed by atoms with Crippen molar-refractivity contribution in [2.45, 2.75) is 24.8 Å². The third kappa shape index (κ3) is 3.10. The molecule has 4 heterocycles. The zero-order valence-electron chi connectivity index (χ0n) is 15.7. The molecule has 0 bridgehead atoms. The Morgan fingerprint density at radius 1 is 1.24 bits per heavy atom. The van der Waals surface area contributed by atoms with Crippen molar-refractivity contribution in [3.63, 3.8) is 0 Å². The second kappa shape index (κ2) is 6.47. The average Bonchev–Trinajstić information content (AvgIpc) is 3.21. The van der Waals surface area contributed by atoms with Gasteiger partial charge in [0.15, 0.2) is 0 Å². The van der Waals surface area contributed by atoms with Gasteiger partial charge in [-0.2, -0.15) is 5.10 Å². The fourth-order valence-corrected chi connectivity index (χ4v) is 3.90. The summed E-state index contributed by atoms with van der Waals surface area (Å²) in [7, 11) is 1.83. The summed E-state index contributed by atoms with van der Waals surface area (Å²) in [6, 6.07) is 3.12.